The summed E-state index contributed by atoms with van der Waals surface area (Å²) in [5.74, 6) is 2.21. The Balaban J connectivity index is 1.53. The van der Waals surface area contributed by atoms with E-state index in [0.717, 1.165) is 35.5 Å². The summed E-state index contributed by atoms with van der Waals surface area (Å²) in [6.45, 7) is 10.9. The number of amides is 1. The molecule has 0 saturated heterocycles. The van der Waals surface area contributed by atoms with Gasteiger partial charge in [-0.1, -0.05) is 19.9 Å². The minimum absolute atomic E-state index is 0.0194. The lowest BCUT2D eigenvalue weighted by Crippen LogP contribution is -2.32. The van der Waals surface area contributed by atoms with Crippen molar-refractivity contribution < 1.29 is 4.79 Å². The summed E-state index contributed by atoms with van der Waals surface area (Å²) in [5, 5.41) is 3.03. The maximum Gasteiger partial charge on any atom is 0.242 e. The molecule has 0 unspecified atom stereocenters. The number of rotatable bonds is 7. The number of imidazole rings is 2. The minimum atomic E-state index is -0.262. The van der Waals surface area contributed by atoms with E-state index >= 15 is 0 Å². The highest BCUT2D eigenvalue weighted by Crippen LogP contribution is 2.20. The molecule has 0 aliphatic carbocycles. The molecule has 0 spiro atoms. The van der Waals surface area contributed by atoms with E-state index in [4.69, 9.17) is 4.98 Å². The fraction of sp³-hybridized carbons (Fsp3) is 0.476. The summed E-state index contributed by atoms with van der Waals surface area (Å²) < 4.78 is 1.95. The molecule has 0 aliphatic rings. The van der Waals surface area contributed by atoms with E-state index in [1.165, 1.54) is 11.1 Å². The van der Waals surface area contributed by atoms with Crippen LogP contribution in [0.3, 0.4) is 0 Å². The van der Waals surface area contributed by atoms with Crippen LogP contribution in [0.1, 0.15) is 61.9 Å². The Labute approximate surface area is 160 Å². The molecular weight excluding hydrogens is 338 g/mol. The quantitative estimate of drug-likeness (QED) is 0.624. The van der Waals surface area contributed by atoms with Crippen LogP contribution in [0.2, 0.25) is 0 Å². The van der Waals surface area contributed by atoms with Gasteiger partial charge in [0.05, 0.1) is 11.0 Å². The van der Waals surface area contributed by atoms with Gasteiger partial charge >= 0.3 is 0 Å². The molecule has 1 amide bonds. The van der Waals surface area contributed by atoms with E-state index in [0.29, 0.717) is 6.54 Å². The minimum Gasteiger partial charge on any atom is -0.354 e. The highest BCUT2D eigenvalue weighted by Gasteiger charge is 2.18. The number of hydrogen-bond donors (Lipinski definition) is 2. The van der Waals surface area contributed by atoms with Gasteiger partial charge in [0.1, 0.15) is 17.7 Å². The molecule has 0 bridgehead atoms. The van der Waals surface area contributed by atoms with Crippen LogP contribution in [0.15, 0.2) is 24.5 Å². The van der Waals surface area contributed by atoms with Gasteiger partial charge in [0, 0.05) is 31.3 Å². The first-order valence-corrected chi connectivity index (χ1v) is 9.63. The second-order valence-corrected chi connectivity index (χ2v) is 7.51. The van der Waals surface area contributed by atoms with Crippen molar-refractivity contribution in [2.24, 2.45) is 0 Å². The number of nitrogens with one attached hydrogen (secondary N) is 2. The lowest BCUT2D eigenvalue weighted by Gasteiger charge is -2.17. The van der Waals surface area contributed by atoms with Gasteiger partial charge < -0.3 is 14.9 Å². The zero-order valence-corrected chi connectivity index (χ0v) is 16.8. The van der Waals surface area contributed by atoms with E-state index < -0.39 is 0 Å². The average molecular weight is 367 g/mol. The van der Waals surface area contributed by atoms with Crippen molar-refractivity contribution in [3.63, 3.8) is 0 Å². The predicted molar refractivity (Wildman–Crippen MR) is 108 cm³/mol. The zero-order chi connectivity index (χ0) is 19.6. The number of hydrogen-bond acceptors (Lipinski definition) is 3. The van der Waals surface area contributed by atoms with Crippen LogP contribution < -0.4 is 5.32 Å². The largest absolute Gasteiger partial charge is 0.354 e. The topological polar surface area (TPSA) is 75.6 Å². The van der Waals surface area contributed by atoms with Crippen molar-refractivity contribution in [1.82, 2.24) is 24.8 Å². The number of nitrogens with zero attached hydrogens (tertiary/aromatic N) is 3. The molecule has 144 valence electrons. The molecule has 27 heavy (non-hydrogen) atoms. The molecule has 1 aromatic carbocycles. The molecule has 0 fully saturated rings. The van der Waals surface area contributed by atoms with Crippen molar-refractivity contribution in [2.45, 2.75) is 59.4 Å². The first-order valence-electron chi connectivity index (χ1n) is 9.63. The normalized spacial score (nSPS) is 12.7. The molecule has 2 heterocycles. The van der Waals surface area contributed by atoms with Crippen LogP contribution in [-0.2, 0) is 11.2 Å². The number of aromatic nitrogens is 4. The molecular formula is C21H29N5O. The van der Waals surface area contributed by atoms with E-state index in [1.807, 2.05) is 17.7 Å². The lowest BCUT2D eigenvalue weighted by atomic mass is 10.1. The standard InChI is InChI=1S/C21H29N5O/c1-13(2)20-22-11-12-26(20)16(5)21(27)23-10-6-7-18-24-17-9-8-14(3)15(4)19(17)25-18/h8-9,11-13,16H,6-7,10H2,1-5H3,(H,23,27)(H,24,25)/t16-/m1/s1. The first kappa shape index (κ1) is 19.1. The molecule has 2 N–H and O–H groups in total. The Kier molecular flexibility index (Phi) is 5.63. The van der Waals surface area contributed by atoms with Crippen LogP contribution in [0.25, 0.3) is 11.0 Å². The third-order valence-corrected chi connectivity index (χ3v) is 5.13. The van der Waals surface area contributed by atoms with E-state index in [9.17, 15) is 4.79 Å². The number of carbonyl (C=O) groups excluding carboxylic acids is 1. The monoisotopic (exact) mass is 367 g/mol. The number of aromatic amines is 1. The lowest BCUT2D eigenvalue weighted by molar-refractivity contribution is -0.123. The number of H-pyrrole nitrogens is 1. The van der Waals surface area contributed by atoms with Crippen LogP contribution >= 0.6 is 0 Å². The Morgan fingerprint density at radius 2 is 2.04 bits per heavy atom. The summed E-state index contributed by atoms with van der Waals surface area (Å²) in [7, 11) is 0. The van der Waals surface area contributed by atoms with Gasteiger partial charge in [-0.2, -0.15) is 0 Å². The van der Waals surface area contributed by atoms with Gasteiger partial charge in [-0.25, -0.2) is 9.97 Å². The number of benzene rings is 1. The van der Waals surface area contributed by atoms with Gasteiger partial charge in [-0.15, -0.1) is 0 Å². The molecule has 0 radical (unpaired) electrons. The smallest absolute Gasteiger partial charge is 0.242 e. The zero-order valence-electron chi connectivity index (χ0n) is 16.8. The van der Waals surface area contributed by atoms with Gasteiger partial charge in [-0.3, -0.25) is 4.79 Å². The molecule has 3 rings (SSSR count). The predicted octanol–water partition coefficient (Wildman–Crippen LogP) is 3.81. The van der Waals surface area contributed by atoms with Gasteiger partial charge in [0.2, 0.25) is 5.91 Å². The maximum atomic E-state index is 12.5. The number of fused-ring (bicyclic) bond motifs is 1. The van der Waals surface area contributed by atoms with Crippen molar-refractivity contribution in [3.05, 3.63) is 47.3 Å². The summed E-state index contributed by atoms with van der Waals surface area (Å²) >= 11 is 0. The average Bonchev–Trinajstić information content (AvgIpc) is 3.28. The van der Waals surface area contributed by atoms with Crippen LogP contribution in [0, 0.1) is 13.8 Å². The summed E-state index contributed by atoms with van der Waals surface area (Å²) in [6, 6.07) is 3.93. The summed E-state index contributed by atoms with van der Waals surface area (Å²) in [6.07, 6.45) is 5.28. The highest BCUT2D eigenvalue weighted by atomic mass is 16.2. The molecule has 6 heteroatoms. The van der Waals surface area contributed by atoms with Crippen LogP contribution in [0.4, 0.5) is 0 Å². The SMILES string of the molecule is Cc1ccc2[nH]c(CCCNC(=O)[C@@H](C)n3ccnc3C(C)C)nc2c1C. The Morgan fingerprint density at radius 1 is 1.26 bits per heavy atom. The fourth-order valence-electron chi connectivity index (χ4n) is 3.32. The number of carbonyl (C=O) groups is 1. The second-order valence-electron chi connectivity index (χ2n) is 7.51. The Morgan fingerprint density at radius 3 is 2.78 bits per heavy atom. The third kappa shape index (κ3) is 4.04. The van der Waals surface area contributed by atoms with E-state index in [2.05, 4.69) is 55.1 Å². The number of aryl methyl sites for hydroxylation is 3. The molecule has 1 atom stereocenters. The summed E-state index contributed by atoms with van der Waals surface area (Å²) in [5.41, 5.74) is 4.59. The molecule has 6 nitrogen and oxygen atoms in total. The molecule has 3 aromatic rings. The van der Waals surface area contributed by atoms with Gasteiger partial charge in [0.15, 0.2) is 0 Å². The molecule has 2 aromatic heterocycles. The Bertz CT molecular complexity index is 937. The Hall–Kier alpha value is -2.63. The van der Waals surface area contributed by atoms with Gasteiger partial charge in [0.25, 0.3) is 0 Å². The molecule has 0 aliphatic heterocycles. The van der Waals surface area contributed by atoms with Crippen molar-refractivity contribution in [2.75, 3.05) is 6.54 Å². The third-order valence-electron chi connectivity index (χ3n) is 5.13. The van der Waals surface area contributed by atoms with Crippen molar-refractivity contribution in [3.8, 4) is 0 Å². The second kappa shape index (κ2) is 7.94. The van der Waals surface area contributed by atoms with Crippen molar-refractivity contribution in [1.29, 1.82) is 0 Å². The maximum absolute atomic E-state index is 12.5. The van der Waals surface area contributed by atoms with Crippen LogP contribution in [0.5, 0.6) is 0 Å². The van der Waals surface area contributed by atoms with Crippen LogP contribution in [-0.4, -0.2) is 32.0 Å². The van der Waals surface area contributed by atoms with Crippen molar-refractivity contribution >= 4 is 16.9 Å². The van der Waals surface area contributed by atoms with E-state index in [1.54, 1.807) is 6.20 Å². The first-order chi connectivity index (χ1) is 12.9. The highest BCUT2D eigenvalue weighted by molar-refractivity contribution is 5.80. The van der Waals surface area contributed by atoms with Gasteiger partial charge in [-0.05, 0) is 44.4 Å². The summed E-state index contributed by atoms with van der Waals surface area (Å²) in [4.78, 5) is 24.9. The van der Waals surface area contributed by atoms with E-state index in [-0.39, 0.29) is 17.9 Å². The fourth-order valence-corrected chi connectivity index (χ4v) is 3.32. The molecule has 0 saturated carbocycles.